The van der Waals surface area contributed by atoms with Crippen LogP contribution in [-0.4, -0.2) is 27.9 Å². The Balaban J connectivity index is 1.79. The third-order valence-corrected chi connectivity index (χ3v) is 3.26. The van der Waals surface area contributed by atoms with Gasteiger partial charge in [-0.05, 0) is 38.3 Å². The minimum Gasteiger partial charge on any atom is -0.336 e. The van der Waals surface area contributed by atoms with Gasteiger partial charge in [0.05, 0.1) is 12.2 Å². The first kappa shape index (κ1) is 14.6. The Morgan fingerprint density at radius 2 is 2.20 bits per heavy atom. The van der Waals surface area contributed by atoms with E-state index in [4.69, 9.17) is 0 Å². The predicted octanol–water partition coefficient (Wildman–Crippen LogP) is 2.71. The highest BCUT2D eigenvalue weighted by Gasteiger charge is 2.12. The van der Waals surface area contributed by atoms with E-state index in [1.807, 2.05) is 49.2 Å². The monoisotopic (exact) mass is 292 g/mol. The fraction of sp³-hybridized carbons (Fsp3) is 0.429. The fourth-order valence-corrected chi connectivity index (χ4v) is 2.37. The van der Waals surface area contributed by atoms with Gasteiger partial charge in [-0.25, -0.2) is 4.79 Å². The van der Waals surface area contributed by atoms with Crippen LogP contribution in [0.25, 0.3) is 11.3 Å². The molecule has 5 nitrogen and oxygen atoms in total. The summed E-state index contributed by atoms with van der Waals surface area (Å²) in [7, 11) is 0. The second-order valence-corrected chi connectivity index (χ2v) is 6.39. The quantitative estimate of drug-likeness (QED) is 0.910. The van der Waals surface area contributed by atoms with Crippen LogP contribution in [0.4, 0.5) is 4.79 Å². The van der Waals surface area contributed by atoms with Crippen LogP contribution in [0, 0.1) is 0 Å². The lowest BCUT2D eigenvalue weighted by Gasteiger charge is -2.20. The number of hydrogen-bond donors (Lipinski definition) is 2. The summed E-state index contributed by atoms with van der Waals surface area (Å²) in [6.45, 7) is 7.06. The fourth-order valence-electron chi connectivity index (χ4n) is 1.72. The Morgan fingerprint density at radius 1 is 1.40 bits per heavy atom. The zero-order valence-electron chi connectivity index (χ0n) is 12.0. The average Bonchev–Trinajstić information content (AvgIpc) is 2.96. The Bertz CT molecular complexity index is 554. The van der Waals surface area contributed by atoms with Crippen LogP contribution in [0.3, 0.4) is 0 Å². The van der Waals surface area contributed by atoms with Crippen molar-refractivity contribution in [1.82, 2.24) is 20.4 Å². The molecule has 0 fully saturated rings. The third kappa shape index (κ3) is 4.38. The van der Waals surface area contributed by atoms with Crippen molar-refractivity contribution in [1.29, 1.82) is 0 Å². The molecule has 0 saturated carbocycles. The van der Waals surface area contributed by atoms with E-state index in [2.05, 4.69) is 21.1 Å². The van der Waals surface area contributed by atoms with Gasteiger partial charge in [0.2, 0.25) is 0 Å². The number of aromatic nitrogens is 2. The van der Waals surface area contributed by atoms with E-state index in [0.717, 1.165) is 11.3 Å². The minimum absolute atomic E-state index is 0.150. The lowest BCUT2D eigenvalue weighted by Crippen LogP contribution is -2.47. The highest BCUT2D eigenvalue weighted by atomic mass is 32.1. The second kappa shape index (κ2) is 6.09. The number of carbonyl (C=O) groups excluding carboxylic acids is 1. The van der Waals surface area contributed by atoms with Gasteiger partial charge in [-0.2, -0.15) is 16.4 Å². The normalized spacial score (nSPS) is 11.3. The van der Waals surface area contributed by atoms with Gasteiger partial charge in [0.15, 0.2) is 0 Å². The van der Waals surface area contributed by atoms with E-state index in [1.165, 1.54) is 0 Å². The molecule has 0 aliphatic rings. The number of nitrogens with one attached hydrogen (secondary N) is 2. The van der Waals surface area contributed by atoms with Crippen LogP contribution in [0.1, 0.15) is 20.8 Å². The number of urea groups is 1. The first-order valence-corrected chi connectivity index (χ1v) is 7.50. The van der Waals surface area contributed by atoms with Crippen molar-refractivity contribution in [2.45, 2.75) is 32.9 Å². The maximum Gasteiger partial charge on any atom is 0.315 e. The number of carbonyl (C=O) groups is 1. The van der Waals surface area contributed by atoms with Gasteiger partial charge in [0, 0.05) is 29.2 Å². The number of amides is 2. The largest absolute Gasteiger partial charge is 0.336 e. The number of rotatable bonds is 4. The molecule has 2 aromatic heterocycles. The molecule has 0 aliphatic heterocycles. The summed E-state index contributed by atoms with van der Waals surface area (Å²) >= 11 is 1.66. The standard InChI is InChI=1S/C14H20N4OS/c1-14(2,3)16-13(19)15-6-8-18-7-4-12(17-18)11-5-9-20-10-11/h4-5,7,9-10H,6,8H2,1-3H3,(H2,15,16,19). The molecular weight excluding hydrogens is 272 g/mol. The molecule has 2 amide bonds. The molecular formula is C14H20N4OS. The van der Waals surface area contributed by atoms with Crippen LogP contribution < -0.4 is 10.6 Å². The van der Waals surface area contributed by atoms with E-state index in [1.54, 1.807) is 11.3 Å². The van der Waals surface area contributed by atoms with Gasteiger partial charge < -0.3 is 10.6 Å². The molecule has 0 unspecified atom stereocenters. The van der Waals surface area contributed by atoms with E-state index in [0.29, 0.717) is 13.1 Å². The van der Waals surface area contributed by atoms with E-state index in [9.17, 15) is 4.79 Å². The van der Waals surface area contributed by atoms with Crippen LogP contribution in [0.2, 0.25) is 0 Å². The highest BCUT2D eigenvalue weighted by molar-refractivity contribution is 7.08. The number of nitrogens with zero attached hydrogens (tertiary/aromatic N) is 2. The maximum atomic E-state index is 11.6. The first-order valence-electron chi connectivity index (χ1n) is 6.56. The zero-order chi connectivity index (χ0) is 14.6. The molecule has 0 aliphatic carbocycles. The molecule has 108 valence electrons. The summed E-state index contributed by atoms with van der Waals surface area (Å²) < 4.78 is 1.84. The highest BCUT2D eigenvalue weighted by Crippen LogP contribution is 2.19. The van der Waals surface area contributed by atoms with Crippen molar-refractivity contribution in [3.05, 3.63) is 29.1 Å². The van der Waals surface area contributed by atoms with Gasteiger partial charge >= 0.3 is 6.03 Å². The summed E-state index contributed by atoms with van der Waals surface area (Å²) in [5.41, 5.74) is 1.87. The predicted molar refractivity (Wildman–Crippen MR) is 81.8 cm³/mol. The van der Waals surface area contributed by atoms with Crippen molar-refractivity contribution in [3.8, 4) is 11.3 Å². The molecule has 20 heavy (non-hydrogen) atoms. The van der Waals surface area contributed by atoms with Crippen molar-refractivity contribution in [2.24, 2.45) is 0 Å². The molecule has 0 atom stereocenters. The second-order valence-electron chi connectivity index (χ2n) is 5.61. The van der Waals surface area contributed by atoms with Gasteiger partial charge in [-0.15, -0.1) is 0 Å². The zero-order valence-corrected chi connectivity index (χ0v) is 12.8. The van der Waals surface area contributed by atoms with E-state index < -0.39 is 0 Å². The molecule has 0 aromatic carbocycles. The van der Waals surface area contributed by atoms with Crippen molar-refractivity contribution in [2.75, 3.05) is 6.54 Å². The van der Waals surface area contributed by atoms with Crippen LogP contribution in [-0.2, 0) is 6.54 Å². The average molecular weight is 292 g/mol. The lowest BCUT2D eigenvalue weighted by atomic mass is 10.1. The van der Waals surface area contributed by atoms with Gasteiger partial charge in [-0.3, -0.25) is 4.68 Å². The summed E-state index contributed by atoms with van der Waals surface area (Å²) in [5.74, 6) is 0. The van der Waals surface area contributed by atoms with Crippen molar-refractivity contribution < 1.29 is 4.79 Å². The summed E-state index contributed by atoms with van der Waals surface area (Å²) in [4.78, 5) is 11.6. The topological polar surface area (TPSA) is 59.0 Å². The van der Waals surface area contributed by atoms with E-state index >= 15 is 0 Å². The smallest absolute Gasteiger partial charge is 0.315 e. The molecule has 0 radical (unpaired) electrons. The van der Waals surface area contributed by atoms with Crippen molar-refractivity contribution in [3.63, 3.8) is 0 Å². The van der Waals surface area contributed by atoms with Gasteiger partial charge in [-0.1, -0.05) is 0 Å². The van der Waals surface area contributed by atoms with Gasteiger partial charge in [0.1, 0.15) is 0 Å². The van der Waals surface area contributed by atoms with Crippen LogP contribution in [0.15, 0.2) is 29.1 Å². The van der Waals surface area contributed by atoms with Gasteiger partial charge in [0.25, 0.3) is 0 Å². The van der Waals surface area contributed by atoms with Crippen molar-refractivity contribution >= 4 is 17.4 Å². The molecule has 0 spiro atoms. The number of thiophene rings is 1. The molecule has 6 heteroatoms. The molecule has 2 aromatic rings. The third-order valence-electron chi connectivity index (χ3n) is 2.57. The van der Waals surface area contributed by atoms with Crippen LogP contribution >= 0.6 is 11.3 Å². The lowest BCUT2D eigenvalue weighted by molar-refractivity contribution is 0.231. The summed E-state index contributed by atoms with van der Waals surface area (Å²) in [6.07, 6.45) is 1.93. The molecule has 2 heterocycles. The minimum atomic E-state index is -0.220. The Morgan fingerprint density at radius 3 is 2.85 bits per heavy atom. The summed E-state index contributed by atoms with van der Waals surface area (Å²) in [6, 6.07) is 3.88. The number of hydrogen-bond acceptors (Lipinski definition) is 3. The van der Waals surface area contributed by atoms with Crippen LogP contribution in [0.5, 0.6) is 0 Å². The maximum absolute atomic E-state index is 11.6. The Hall–Kier alpha value is -1.82. The Labute approximate surface area is 123 Å². The molecule has 0 bridgehead atoms. The first-order chi connectivity index (χ1) is 9.44. The molecule has 0 saturated heterocycles. The Kier molecular flexibility index (Phi) is 4.44. The molecule has 2 rings (SSSR count). The summed E-state index contributed by atoms with van der Waals surface area (Å²) in [5, 5.41) is 14.3. The molecule has 2 N–H and O–H groups in total. The van der Waals surface area contributed by atoms with E-state index in [-0.39, 0.29) is 11.6 Å². The SMILES string of the molecule is CC(C)(C)NC(=O)NCCn1ccc(-c2ccsc2)n1.